The third kappa shape index (κ3) is 3.43. The standard InChI is InChI=1S/C15H11IO2/c16-18-15-9-7-13(8-10-15)2-1-12-3-5-14(11-17)6-4-12/h1-11H. The van der Waals surface area contributed by atoms with Crippen LogP contribution in [0.15, 0.2) is 48.5 Å². The lowest BCUT2D eigenvalue weighted by atomic mass is 10.1. The largest absolute Gasteiger partial charge is 0.428 e. The molecular formula is C15H11IO2. The van der Waals surface area contributed by atoms with Crippen molar-refractivity contribution in [2.75, 3.05) is 0 Å². The lowest BCUT2D eigenvalue weighted by Crippen LogP contribution is -1.79. The Morgan fingerprint density at radius 3 is 1.67 bits per heavy atom. The zero-order valence-corrected chi connectivity index (χ0v) is 11.7. The van der Waals surface area contributed by atoms with Crippen LogP contribution in [0.3, 0.4) is 0 Å². The number of halogens is 1. The van der Waals surface area contributed by atoms with Gasteiger partial charge in [0.05, 0.1) is 0 Å². The summed E-state index contributed by atoms with van der Waals surface area (Å²) in [5, 5.41) is 0. The third-order valence-electron chi connectivity index (χ3n) is 2.51. The minimum Gasteiger partial charge on any atom is -0.428 e. The summed E-state index contributed by atoms with van der Waals surface area (Å²) < 4.78 is 5.07. The Morgan fingerprint density at radius 2 is 1.22 bits per heavy atom. The van der Waals surface area contributed by atoms with Gasteiger partial charge in [-0.2, -0.15) is 0 Å². The lowest BCUT2D eigenvalue weighted by molar-refractivity contribution is 0.112. The molecule has 0 radical (unpaired) electrons. The zero-order valence-electron chi connectivity index (χ0n) is 9.55. The molecule has 0 aliphatic carbocycles. The Bertz CT molecular complexity index is 542. The van der Waals surface area contributed by atoms with Gasteiger partial charge in [-0.3, -0.25) is 4.79 Å². The number of carbonyl (C=O) groups excluding carboxylic acids is 1. The van der Waals surface area contributed by atoms with Crippen LogP contribution in [-0.4, -0.2) is 6.29 Å². The second kappa shape index (κ2) is 6.35. The summed E-state index contributed by atoms with van der Waals surface area (Å²) in [4.78, 5) is 10.5. The Hall–Kier alpha value is -1.62. The molecular weight excluding hydrogens is 339 g/mol. The highest BCUT2D eigenvalue weighted by Crippen LogP contribution is 2.16. The molecule has 0 saturated carbocycles. The highest BCUT2D eigenvalue weighted by Gasteiger charge is 1.92. The Kier molecular flexibility index (Phi) is 4.52. The molecule has 0 bridgehead atoms. The normalized spacial score (nSPS) is 10.5. The second-order valence-corrected chi connectivity index (χ2v) is 4.20. The molecule has 0 aromatic heterocycles. The maximum atomic E-state index is 10.5. The van der Waals surface area contributed by atoms with Crippen LogP contribution >= 0.6 is 23.0 Å². The Labute approximate surface area is 120 Å². The molecule has 2 aromatic rings. The summed E-state index contributed by atoms with van der Waals surface area (Å²) in [6.45, 7) is 0. The van der Waals surface area contributed by atoms with Crippen LogP contribution in [0.1, 0.15) is 21.5 Å². The predicted molar refractivity (Wildman–Crippen MR) is 81.8 cm³/mol. The van der Waals surface area contributed by atoms with E-state index in [1.807, 2.05) is 71.6 Å². The fourth-order valence-electron chi connectivity index (χ4n) is 1.51. The molecule has 0 heterocycles. The topological polar surface area (TPSA) is 26.3 Å². The van der Waals surface area contributed by atoms with Gasteiger partial charge in [0, 0.05) is 5.56 Å². The molecule has 0 N–H and O–H groups in total. The van der Waals surface area contributed by atoms with E-state index >= 15 is 0 Å². The molecule has 2 aromatic carbocycles. The van der Waals surface area contributed by atoms with E-state index in [0.29, 0.717) is 5.56 Å². The molecule has 18 heavy (non-hydrogen) atoms. The average molecular weight is 350 g/mol. The van der Waals surface area contributed by atoms with Gasteiger partial charge in [-0.1, -0.05) is 48.6 Å². The Morgan fingerprint density at radius 1 is 0.778 bits per heavy atom. The van der Waals surface area contributed by atoms with Crippen molar-refractivity contribution in [1.82, 2.24) is 0 Å². The molecule has 0 aliphatic heterocycles. The van der Waals surface area contributed by atoms with Crippen molar-refractivity contribution in [3.63, 3.8) is 0 Å². The first-order valence-corrected chi connectivity index (χ1v) is 6.32. The monoisotopic (exact) mass is 350 g/mol. The molecule has 0 saturated heterocycles. The molecule has 2 rings (SSSR count). The third-order valence-corrected chi connectivity index (χ3v) is 3.02. The first-order valence-electron chi connectivity index (χ1n) is 5.44. The van der Waals surface area contributed by atoms with Gasteiger partial charge in [-0.15, -0.1) is 0 Å². The Balaban J connectivity index is 2.10. The first kappa shape index (κ1) is 12.8. The van der Waals surface area contributed by atoms with Crippen LogP contribution in [0.5, 0.6) is 5.75 Å². The van der Waals surface area contributed by atoms with Crippen LogP contribution in [0.2, 0.25) is 0 Å². The van der Waals surface area contributed by atoms with Crippen LogP contribution < -0.4 is 3.07 Å². The highest BCUT2D eigenvalue weighted by molar-refractivity contribution is 14.1. The maximum absolute atomic E-state index is 10.5. The molecule has 0 aliphatic rings. The van der Waals surface area contributed by atoms with Crippen LogP contribution in [0, 0.1) is 0 Å². The first-order chi connectivity index (χ1) is 8.81. The van der Waals surface area contributed by atoms with Gasteiger partial charge < -0.3 is 3.07 Å². The van der Waals surface area contributed by atoms with E-state index in [1.54, 1.807) is 12.1 Å². The molecule has 3 heteroatoms. The highest BCUT2D eigenvalue weighted by atomic mass is 127. The fourth-order valence-corrected chi connectivity index (χ4v) is 1.80. The van der Waals surface area contributed by atoms with Gasteiger partial charge in [0.15, 0.2) is 23.0 Å². The number of rotatable bonds is 4. The van der Waals surface area contributed by atoms with Crippen molar-refractivity contribution >= 4 is 41.4 Å². The molecule has 0 unspecified atom stereocenters. The van der Waals surface area contributed by atoms with Crippen molar-refractivity contribution < 1.29 is 7.86 Å². The van der Waals surface area contributed by atoms with Crippen molar-refractivity contribution in [1.29, 1.82) is 0 Å². The number of aldehydes is 1. The molecule has 90 valence electrons. The van der Waals surface area contributed by atoms with E-state index < -0.39 is 0 Å². The number of carbonyl (C=O) groups is 1. The molecule has 0 spiro atoms. The summed E-state index contributed by atoms with van der Waals surface area (Å²) in [6.07, 6.45) is 4.87. The minimum atomic E-state index is 0.690. The van der Waals surface area contributed by atoms with Gasteiger partial charge in [-0.05, 0) is 23.3 Å². The fraction of sp³-hybridized carbons (Fsp3) is 0. The van der Waals surface area contributed by atoms with E-state index in [1.165, 1.54) is 0 Å². The lowest BCUT2D eigenvalue weighted by Gasteiger charge is -1.98. The second-order valence-electron chi connectivity index (χ2n) is 3.76. The molecule has 2 nitrogen and oxygen atoms in total. The molecule has 0 atom stereocenters. The predicted octanol–water partition coefficient (Wildman–Crippen LogP) is 4.40. The van der Waals surface area contributed by atoms with Crippen molar-refractivity contribution in [3.05, 3.63) is 65.2 Å². The van der Waals surface area contributed by atoms with E-state index in [0.717, 1.165) is 23.2 Å². The van der Waals surface area contributed by atoms with Gasteiger partial charge >= 0.3 is 0 Å². The SMILES string of the molecule is O=Cc1ccc(C=Cc2ccc(OI)cc2)cc1. The molecule has 0 amide bonds. The minimum absolute atomic E-state index is 0.690. The summed E-state index contributed by atoms with van der Waals surface area (Å²) in [5.74, 6) is 0.836. The van der Waals surface area contributed by atoms with Gasteiger partial charge in [0.1, 0.15) is 12.0 Å². The summed E-state index contributed by atoms with van der Waals surface area (Å²) in [5.41, 5.74) is 2.86. The van der Waals surface area contributed by atoms with Gasteiger partial charge in [0.2, 0.25) is 0 Å². The van der Waals surface area contributed by atoms with E-state index in [-0.39, 0.29) is 0 Å². The van der Waals surface area contributed by atoms with E-state index in [4.69, 9.17) is 3.07 Å². The van der Waals surface area contributed by atoms with Crippen molar-refractivity contribution in [2.45, 2.75) is 0 Å². The van der Waals surface area contributed by atoms with Gasteiger partial charge in [0.25, 0.3) is 0 Å². The quantitative estimate of drug-likeness (QED) is 0.464. The zero-order chi connectivity index (χ0) is 12.8. The summed E-state index contributed by atoms with van der Waals surface area (Å²) >= 11 is 1.86. The van der Waals surface area contributed by atoms with E-state index in [9.17, 15) is 4.79 Å². The van der Waals surface area contributed by atoms with Gasteiger partial charge in [-0.25, -0.2) is 0 Å². The van der Waals surface area contributed by atoms with Crippen LogP contribution in [0.25, 0.3) is 12.2 Å². The average Bonchev–Trinajstić information content (AvgIpc) is 2.46. The number of benzene rings is 2. The molecule has 0 fully saturated rings. The maximum Gasteiger partial charge on any atom is 0.192 e. The van der Waals surface area contributed by atoms with Crippen molar-refractivity contribution in [3.8, 4) is 5.75 Å². The van der Waals surface area contributed by atoms with Crippen LogP contribution in [-0.2, 0) is 0 Å². The van der Waals surface area contributed by atoms with Crippen molar-refractivity contribution in [2.24, 2.45) is 0 Å². The number of hydrogen-bond donors (Lipinski definition) is 0. The summed E-state index contributed by atoms with van der Waals surface area (Å²) in [7, 11) is 0. The smallest absolute Gasteiger partial charge is 0.192 e. The number of hydrogen-bond acceptors (Lipinski definition) is 2. The van der Waals surface area contributed by atoms with Crippen LogP contribution in [0.4, 0.5) is 0 Å². The van der Waals surface area contributed by atoms with E-state index in [2.05, 4.69) is 0 Å². The summed E-state index contributed by atoms with van der Waals surface area (Å²) in [6, 6.07) is 15.3.